The molecule has 1 amide bonds. The van der Waals surface area contributed by atoms with Crippen LogP contribution in [0.15, 0.2) is 28.9 Å². The number of rotatable bonds is 4. The number of hydrogen-bond donors (Lipinski definition) is 2. The van der Waals surface area contributed by atoms with Gasteiger partial charge in [-0.2, -0.15) is 0 Å². The van der Waals surface area contributed by atoms with Crippen LogP contribution in [0.3, 0.4) is 0 Å². The fourth-order valence-corrected chi connectivity index (χ4v) is 1.75. The molecular weight excluding hydrogens is 317 g/mol. The van der Waals surface area contributed by atoms with Crippen molar-refractivity contribution in [2.24, 2.45) is 5.73 Å². The molecule has 0 aliphatic heterocycles. The average molecular weight is 328 g/mol. The third-order valence-corrected chi connectivity index (χ3v) is 2.80. The standard InChI is InChI=1S/C11H11BrFN5O/c12-7-1-2-9(8(13)5-7)15-11(19)10-6-18(4-3-14)17-16-10/h1-2,5-6H,3-4,14H2,(H,15,19). The Morgan fingerprint density at radius 1 is 1.53 bits per heavy atom. The van der Waals surface area contributed by atoms with E-state index in [2.05, 4.69) is 31.6 Å². The molecule has 0 saturated carbocycles. The van der Waals surface area contributed by atoms with Crippen molar-refractivity contribution in [1.82, 2.24) is 15.0 Å². The number of nitrogens with one attached hydrogen (secondary N) is 1. The van der Waals surface area contributed by atoms with Crippen LogP contribution in [0.2, 0.25) is 0 Å². The molecule has 0 atom stereocenters. The molecule has 0 spiro atoms. The van der Waals surface area contributed by atoms with Crippen molar-refractivity contribution < 1.29 is 9.18 Å². The molecule has 0 fully saturated rings. The van der Waals surface area contributed by atoms with E-state index in [0.717, 1.165) is 0 Å². The summed E-state index contributed by atoms with van der Waals surface area (Å²) in [6, 6.07) is 4.35. The predicted molar refractivity (Wildman–Crippen MR) is 71.1 cm³/mol. The number of anilines is 1. The zero-order chi connectivity index (χ0) is 13.8. The van der Waals surface area contributed by atoms with Crippen LogP contribution in [0.1, 0.15) is 10.5 Å². The van der Waals surface area contributed by atoms with Gasteiger partial charge in [-0.3, -0.25) is 9.48 Å². The average Bonchev–Trinajstić information content (AvgIpc) is 2.82. The number of nitrogens with two attached hydrogens (primary N) is 1. The number of carbonyl (C=O) groups is 1. The number of amides is 1. The van der Waals surface area contributed by atoms with Crippen molar-refractivity contribution in [3.63, 3.8) is 0 Å². The monoisotopic (exact) mass is 327 g/mol. The molecule has 0 unspecified atom stereocenters. The molecule has 1 aromatic heterocycles. The van der Waals surface area contributed by atoms with E-state index < -0.39 is 11.7 Å². The van der Waals surface area contributed by atoms with Crippen molar-refractivity contribution in [2.75, 3.05) is 11.9 Å². The Balaban J connectivity index is 2.11. The van der Waals surface area contributed by atoms with Gasteiger partial charge in [0.05, 0.1) is 18.4 Å². The Labute approximate surface area is 116 Å². The second kappa shape index (κ2) is 5.89. The molecule has 1 heterocycles. The minimum Gasteiger partial charge on any atom is -0.329 e. The largest absolute Gasteiger partial charge is 0.329 e. The lowest BCUT2D eigenvalue weighted by atomic mass is 10.3. The number of benzene rings is 1. The minimum atomic E-state index is -0.530. The van der Waals surface area contributed by atoms with E-state index in [1.165, 1.54) is 23.0 Å². The Kier molecular flexibility index (Phi) is 4.23. The molecule has 0 radical (unpaired) electrons. The van der Waals surface area contributed by atoms with Crippen LogP contribution in [0.5, 0.6) is 0 Å². The van der Waals surface area contributed by atoms with Crippen LogP contribution in [0, 0.1) is 5.82 Å². The van der Waals surface area contributed by atoms with Crippen molar-refractivity contribution in [3.05, 3.63) is 40.4 Å². The van der Waals surface area contributed by atoms with Crippen LogP contribution >= 0.6 is 15.9 Å². The minimum absolute atomic E-state index is 0.0848. The third-order valence-electron chi connectivity index (χ3n) is 2.31. The van der Waals surface area contributed by atoms with Gasteiger partial charge in [0.15, 0.2) is 5.69 Å². The van der Waals surface area contributed by atoms with Crippen molar-refractivity contribution in [3.8, 4) is 0 Å². The molecule has 0 bridgehead atoms. The summed E-state index contributed by atoms with van der Waals surface area (Å²) in [5, 5.41) is 9.85. The Hall–Kier alpha value is -1.80. The van der Waals surface area contributed by atoms with Crippen LogP contribution in [0.25, 0.3) is 0 Å². The van der Waals surface area contributed by atoms with Gasteiger partial charge >= 0.3 is 0 Å². The second-order valence-electron chi connectivity index (χ2n) is 3.73. The highest BCUT2D eigenvalue weighted by Gasteiger charge is 2.13. The molecule has 1 aromatic carbocycles. The van der Waals surface area contributed by atoms with E-state index in [1.807, 2.05) is 0 Å². The van der Waals surface area contributed by atoms with Crippen molar-refractivity contribution in [2.45, 2.75) is 6.54 Å². The fraction of sp³-hybridized carbons (Fsp3) is 0.182. The highest BCUT2D eigenvalue weighted by Crippen LogP contribution is 2.19. The molecule has 6 nitrogen and oxygen atoms in total. The van der Waals surface area contributed by atoms with Gasteiger partial charge in [0.1, 0.15) is 5.82 Å². The molecule has 3 N–H and O–H groups in total. The maximum atomic E-state index is 13.5. The van der Waals surface area contributed by atoms with Crippen LogP contribution in [0.4, 0.5) is 10.1 Å². The number of nitrogens with zero attached hydrogens (tertiary/aromatic N) is 3. The van der Waals surface area contributed by atoms with Crippen molar-refractivity contribution in [1.29, 1.82) is 0 Å². The van der Waals surface area contributed by atoms with Gasteiger partial charge in [-0.1, -0.05) is 21.1 Å². The first-order valence-corrected chi connectivity index (χ1v) is 6.26. The highest BCUT2D eigenvalue weighted by molar-refractivity contribution is 9.10. The summed E-state index contributed by atoms with van der Waals surface area (Å²) in [5.41, 5.74) is 5.55. The summed E-state index contributed by atoms with van der Waals surface area (Å²) in [5.74, 6) is -1.05. The second-order valence-corrected chi connectivity index (χ2v) is 4.65. The number of halogens is 2. The third kappa shape index (κ3) is 3.36. The van der Waals surface area contributed by atoms with E-state index in [-0.39, 0.29) is 11.4 Å². The molecule has 8 heteroatoms. The van der Waals surface area contributed by atoms with Crippen molar-refractivity contribution >= 4 is 27.5 Å². The molecule has 0 aliphatic rings. The van der Waals surface area contributed by atoms with E-state index in [4.69, 9.17) is 5.73 Å². The molecule has 2 rings (SSSR count). The number of hydrogen-bond acceptors (Lipinski definition) is 4. The summed E-state index contributed by atoms with van der Waals surface area (Å²) in [6.07, 6.45) is 1.46. The zero-order valence-corrected chi connectivity index (χ0v) is 11.4. The summed E-state index contributed by atoms with van der Waals surface area (Å²) in [4.78, 5) is 11.8. The SMILES string of the molecule is NCCn1cc(C(=O)Nc2ccc(Br)cc2F)nn1. The first-order valence-electron chi connectivity index (χ1n) is 5.47. The summed E-state index contributed by atoms with van der Waals surface area (Å²) >= 11 is 3.14. The summed E-state index contributed by atoms with van der Waals surface area (Å²) in [7, 11) is 0. The van der Waals surface area contributed by atoms with Crippen LogP contribution in [-0.2, 0) is 6.54 Å². The molecule has 19 heavy (non-hydrogen) atoms. The van der Waals surface area contributed by atoms with Gasteiger partial charge in [-0.15, -0.1) is 5.10 Å². The van der Waals surface area contributed by atoms with Crippen LogP contribution in [-0.4, -0.2) is 27.4 Å². The lowest BCUT2D eigenvalue weighted by molar-refractivity contribution is 0.102. The Morgan fingerprint density at radius 2 is 2.32 bits per heavy atom. The number of aromatic nitrogens is 3. The lowest BCUT2D eigenvalue weighted by Gasteiger charge is -2.04. The predicted octanol–water partition coefficient (Wildman–Crippen LogP) is 1.39. The fourth-order valence-electron chi connectivity index (χ4n) is 1.42. The topological polar surface area (TPSA) is 85.8 Å². The highest BCUT2D eigenvalue weighted by atomic mass is 79.9. The molecule has 0 saturated heterocycles. The first-order chi connectivity index (χ1) is 9.10. The van der Waals surface area contributed by atoms with Gasteiger partial charge < -0.3 is 11.1 Å². The van der Waals surface area contributed by atoms with Gasteiger partial charge in [-0.25, -0.2) is 4.39 Å². The summed E-state index contributed by atoms with van der Waals surface area (Å²) in [6.45, 7) is 0.860. The van der Waals surface area contributed by atoms with Gasteiger partial charge in [-0.05, 0) is 18.2 Å². The van der Waals surface area contributed by atoms with E-state index in [1.54, 1.807) is 6.07 Å². The number of carbonyl (C=O) groups excluding carboxylic acids is 1. The van der Waals surface area contributed by atoms with Gasteiger partial charge in [0, 0.05) is 11.0 Å². The van der Waals surface area contributed by atoms with Gasteiger partial charge in [0.2, 0.25) is 0 Å². The zero-order valence-electron chi connectivity index (χ0n) is 9.81. The Morgan fingerprint density at radius 3 is 3.00 bits per heavy atom. The smallest absolute Gasteiger partial charge is 0.277 e. The van der Waals surface area contributed by atoms with E-state index >= 15 is 0 Å². The first kappa shape index (κ1) is 13.6. The quantitative estimate of drug-likeness (QED) is 0.888. The summed E-state index contributed by atoms with van der Waals surface area (Å²) < 4.78 is 15.6. The molecular formula is C11H11BrFN5O. The van der Waals surface area contributed by atoms with E-state index in [0.29, 0.717) is 17.6 Å². The molecule has 100 valence electrons. The maximum Gasteiger partial charge on any atom is 0.277 e. The lowest BCUT2D eigenvalue weighted by Crippen LogP contribution is -2.13. The van der Waals surface area contributed by atoms with Gasteiger partial charge in [0.25, 0.3) is 5.91 Å². The Bertz CT molecular complexity index is 601. The van der Waals surface area contributed by atoms with Crippen LogP contribution < -0.4 is 11.1 Å². The maximum absolute atomic E-state index is 13.5. The molecule has 0 aliphatic carbocycles. The normalized spacial score (nSPS) is 10.5. The van der Waals surface area contributed by atoms with E-state index in [9.17, 15) is 9.18 Å². The molecule has 2 aromatic rings.